The highest BCUT2D eigenvalue weighted by atomic mass is 32.1. The molecule has 3 heterocycles. The van der Waals surface area contributed by atoms with E-state index in [2.05, 4.69) is 4.98 Å². The van der Waals surface area contributed by atoms with Crippen LogP contribution in [0.15, 0.2) is 35.4 Å². The number of ketones is 1. The lowest BCUT2D eigenvalue weighted by molar-refractivity contribution is -0.119. The number of fused-ring (bicyclic) bond motifs is 1. The van der Waals surface area contributed by atoms with Crippen LogP contribution in [-0.2, 0) is 11.2 Å². The van der Waals surface area contributed by atoms with Crippen molar-refractivity contribution in [1.29, 1.82) is 0 Å². The van der Waals surface area contributed by atoms with Gasteiger partial charge in [-0.15, -0.1) is 11.3 Å². The normalized spacial score (nSPS) is 15.5. The van der Waals surface area contributed by atoms with E-state index in [1.165, 1.54) is 29.1 Å². The van der Waals surface area contributed by atoms with Crippen molar-refractivity contribution in [3.05, 3.63) is 68.6 Å². The first-order chi connectivity index (χ1) is 16.6. The van der Waals surface area contributed by atoms with Crippen LogP contribution in [0.1, 0.15) is 60.6 Å². The Morgan fingerprint density at radius 2 is 2.03 bits per heavy atom. The molecular weight excluding hydrogens is 476 g/mol. The summed E-state index contributed by atoms with van der Waals surface area (Å²) in [5.74, 6) is -2.52. The summed E-state index contributed by atoms with van der Waals surface area (Å²) >= 11 is 1.13. The van der Waals surface area contributed by atoms with Gasteiger partial charge in [0.25, 0.3) is 5.91 Å². The summed E-state index contributed by atoms with van der Waals surface area (Å²) in [5, 5.41) is 11.1. The van der Waals surface area contributed by atoms with E-state index in [1.807, 2.05) is 13.8 Å². The number of amides is 1. The van der Waals surface area contributed by atoms with Crippen molar-refractivity contribution in [2.75, 3.05) is 6.54 Å². The van der Waals surface area contributed by atoms with Crippen molar-refractivity contribution in [3.8, 4) is 16.3 Å². The maximum absolute atomic E-state index is 14.1. The second-order valence-corrected chi connectivity index (χ2v) is 9.94. The second kappa shape index (κ2) is 9.69. The fourth-order valence-electron chi connectivity index (χ4n) is 4.19. The zero-order valence-electron chi connectivity index (χ0n) is 19.5. The molecule has 1 amide bonds. The van der Waals surface area contributed by atoms with Crippen LogP contribution in [0, 0.1) is 11.6 Å². The highest BCUT2D eigenvalue weighted by molar-refractivity contribution is 7.15. The number of nitrogens with zero attached hydrogens (tertiary/aromatic N) is 3. The van der Waals surface area contributed by atoms with Crippen LogP contribution < -0.4 is 5.43 Å². The summed E-state index contributed by atoms with van der Waals surface area (Å²) in [5.41, 5.74) is -0.520. The number of carbonyl (C=O) groups is 2. The van der Waals surface area contributed by atoms with E-state index in [0.717, 1.165) is 17.4 Å². The van der Waals surface area contributed by atoms with Crippen molar-refractivity contribution in [1.82, 2.24) is 14.5 Å². The molecule has 7 nitrogen and oxygen atoms in total. The van der Waals surface area contributed by atoms with E-state index in [1.54, 1.807) is 11.8 Å². The zero-order valence-corrected chi connectivity index (χ0v) is 20.4. The van der Waals surface area contributed by atoms with Gasteiger partial charge in [0.05, 0.1) is 11.6 Å². The molecule has 4 rings (SSSR count). The van der Waals surface area contributed by atoms with Crippen molar-refractivity contribution >= 4 is 23.0 Å². The molecule has 35 heavy (non-hydrogen) atoms. The molecular formula is C25H25F2N3O4S. The Hall–Kier alpha value is -3.40. The maximum atomic E-state index is 14.1. The minimum absolute atomic E-state index is 0.00314. The zero-order chi connectivity index (χ0) is 25.4. The number of hydrogen-bond acceptors (Lipinski definition) is 6. The van der Waals surface area contributed by atoms with Gasteiger partial charge < -0.3 is 14.6 Å². The third-order valence-electron chi connectivity index (χ3n) is 6.12. The number of halogens is 2. The molecule has 0 bridgehead atoms. The van der Waals surface area contributed by atoms with Gasteiger partial charge in [-0.3, -0.25) is 14.4 Å². The minimum atomic E-state index is -0.746. The smallest absolute Gasteiger partial charge is 0.274 e. The molecule has 0 radical (unpaired) electrons. The van der Waals surface area contributed by atoms with Crippen LogP contribution in [-0.4, -0.2) is 43.8 Å². The van der Waals surface area contributed by atoms with Gasteiger partial charge >= 0.3 is 0 Å². The number of aromatic nitrogens is 2. The molecule has 1 aromatic carbocycles. The first-order valence-electron chi connectivity index (χ1n) is 11.3. The molecule has 1 unspecified atom stereocenters. The molecule has 2 aromatic heterocycles. The summed E-state index contributed by atoms with van der Waals surface area (Å²) < 4.78 is 28.8. The topological polar surface area (TPSA) is 92.5 Å². The Kier molecular flexibility index (Phi) is 6.84. The Bertz CT molecular complexity index is 1370. The number of pyridine rings is 1. The highest BCUT2D eigenvalue weighted by Gasteiger charge is 2.36. The van der Waals surface area contributed by atoms with Crippen molar-refractivity contribution in [3.63, 3.8) is 0 Å². The minimum Gasteiger partial charge on any atom is -0.503 e. The quantitative estimate of drug-likeness (QED) is 0.521. The average Bonchev–Trinajstić information content (AvgIpc) is 3.27. The molecule has 0 saturated carbocycles. The molecule has 1 aliphatic heterocycles. The first kappa shape index (κ1) is 24.7. The number of Topliss-reactive ketones (excluding diaryl/α,β-unsaturated/α-hetero) is 1. The summed E-state index contributed by atoms with van der Waals surface area (Å²) in [6, 6.07) is 2.70. The fourth-order valence-corrected chi connectivity index (χ4v) is 5.13. The molecule has 10 heteroatoms. The van der Waals surface area contributed by atoms with E-state index in [0.29, 0.717) is 11.3 Å². The van der Waals surface area contributed by atoms with E-state index in [9.17, 15) is 28.3 Å². The average molecular weight is 502 g/mol. The number of rotatable bonds is 7. The number of carbonyl (C=O) groups excluding carboxylic acids is 2. The molecule has 3 aromatic rings. The Labute approximate surface area is 204 Å². The van der Waals surface area contributed by atoms with Gasteiger partial charge in [-0.25, -0.2) is 13.8 Å². The number of hydrogen-bond donors (Lipinski definition) is 1. The molecule has 1 aliphatic rings. The number of benzene rings is 1. The van der Waals surface area contributed by atoms with Gasteiger partial charge in [0, 0.05) is 55.2 Å². The SMILES string of the molecule is CCC(=O)CC1CN(C(C)C)C(=O)c2c(O)c(=O)c(-c3ncc(Cc4ccc(F)cc4F)s3)cn21. The monoisotopic (exact) mass is 501 g/mol. The Balaban J connectivity index is 1.76. The summed E-state index contributed by atoms with van der Waals surface area (Å²) in [6.45, 7) is 5.68. The van der Waals surface area contributed by atoms with E-state index >= 15 is 0 Å². The van der Waals surface area contributed by atoms with Crippen molar-refractivity contribution in [2.45, 2.75) is 52.1 Å². The highest BCUT2D eigenvalue weighted by Crippen LogP contribution is 2.33. The van der Waals surface area contributed by atoms with Crippen LogP contribution in [0.4, 0.5) is 8.78 Å². The van der Waals surface area contributed by atoms with Crippen LogP contribution in [0.5, 0.6) is 5.75 Å². The van der Waals surface area contributed by atoms with Gasteiger partial charge in [-0.05, 0) is 25.5 Å². The predicted molar refractivity (Wildman–Crippen MR) is 128 cm³/mol. The molecule has 1 atom stereocenters. The third kappa shape index (κ3) is 4.75. The van der Waals surface area contributed by atoms with E-state index in [-0.39, 0.29) is 53.0 Å². The van der Waals surface area contributed by atoms with Crippen LogP contribution >= 0.6 is 11.3 Å². The van der Waals surface area contributed by atoms with E-state index < -0.39 is 34.8 Å². The second-order valence-electron chi connectivity index (χ2n) is 8.82. The number of aromatic hydroxyl groups is 1. The lowest BCUT2D eigenvalue weighted by Crippen LogP contribution is -2.48. The first-order valence-corrected chi connectivity index (χ1v) is 12.1. The lowest BCUT2D eigenvalue weighted by atomic mass is 10.0. The third-order valence-corrected chi connectivity index (χ3v) is 7.15. The molecule has 1 N–H and O–H groups in total. The summed E-state index contributed by atoms with van der Waals surface area (Å²) in [4.78, 5) is 44.9. The largest absolute Gasteiger partial charge is 0.503 e. The van der Waals surface area contributed by atoms with Gasteiger partial charge in [0.15, 0.2) is 11.4 Å². The van der Waals surface area contributed by atoms with Crippen molar-refractivity contribution < 1.29 is 23.5 Å². The Morgan fingerprint density at radius 3 is 2.69 bits per heavy atom. The fraction of sp³-hybridized carbons (Fsp3) is 0.360. The van der Waals surface area contributed by atoms with Crippen LogP contribution in [0.3, 0.4) is 0 Å². The van der Waals surface area contributed by atoms with Crippen LogP contribution in [0.2, 0.25) is 0 Å². The summed E-state index contributed by atoms with van der Waals surface area (Å²) in [7, 11) is 0. The maximum Gasteiger partial charge on any atom is 0.274 e. The molecule has 0 aliphatic carbocycles. The number of thiazole rings is 1. The predicted octanol–water partition coefficient (Wildman–Crippen LogP) is 4.32. The van der Waals surface area contributed by atoms with Gasteiger partial charge in [-0.2, -0.15) is 0 Å². The Morgan fingerprint density at radius 1 is 1.29 bits per heavy atom. The lowest BCUT2D eigenvalue weighted by Gasteiger charge is -2.38. The molecule has 0 fully saturated rings. The summed E-state index contributed by atoms with van der Waals surface area (Å²) in [6.07, 6.45) is 3.59. The van der Waals surface area contributed by atoms with Crippen LogP contribution in [0.25, 0.3) is 10.6 Å². The molecule has 0 spiro atoms. The van der Waals surface area contributed by atoms with E-state index in [4.69, 9.17) is 0 Å². The molecule has 0 saturated heterocycles. The molecule has 184 valence electrons. The standard InChI is InChI=1S/C25H25F2N3O4S/c1-4-17(31)9-16-11-29(13(2)3)25(34)21-23(33)22(32)19(12-30(16)21)24-28-10-18(35-24)7-14-5-6-15(26)8-20(14)27/h5-6,8,10,12-13,16,33H,4,7,9,11H2,1-3H3. The van der Waals surface area contributed by atoms with Crippen molar-refractivity contribution in [2.24, 2.45) is 0 Å². The van der Waals surface area contributed by atoms with Gasteiger partial charge in [-0.1, -0.05) is 13.0 Å². The van der Waals surface area contributed by atoms with Gasteiger partial charge in [0.1, 0.15) is 22.4 Å². The van der Waals surface area contributed by atoms with Gasteiger partial charge in [0.2, 0.25) is 5.43 Å².